The molecule has 6 heteroatoms. The van der Waals surface area contributed by atoms with Crippen molar-refractivity contribution in [1.82, 2.24) is 9.80 Å². The Hall–Kier alpha value is -1.63. The van der Waals surface area contributed by atoms with Crippen LogP contribution >= 0.6 is 11.6 Å². The Kier molecular flexibility index (Phi) is 8.33. The fourth-order valence-corrected chi connectivity index (χ4v) is 4.03. The molecule has 3 rings (SSSR count). The van der Waals surface area contributed by atoms with E-state index in [0.717, 1.165) is 55.8 Å². The highest BCUT2D eigenvalue weighted by molar-refractivity contribution is 6.31. The summed E-state index contributed by atoms with van der Waals surface area (Å²) in [5, 5.41) is 20.6. The van der Waals surface area contributed by atoms with Crippen LogP contribution in [-0.4, -0.2) is 72.0 Å². The van der Waals surface area contributed by atoms with Gasteiger partial charge in [0.25, 0.3) is 0 Å². The van der Waals surface area contributed by atoms with Crippen molar-refractivity contribution in [2.75, 3.05) is 45.9 Å². The van der Waals surface area contributed by atoms with Crippen LogP contribution in [0.5, 0.6) is 5.75 Å². The van der Waals surface area contributed by atoms with Gasteiger partial charge in [-0.2, -0.15) is 0 Å². The summed E-state index contributed by atoms with van der Waals surface area (Å²) in [6.07, 6.45) is 0.568. The van der Waals surface area contributed by atoms with Crippen LogP contribution in [0.25, 0.3) is 11.1 Å². The molecule has 1 unspecified atom stereocenters. The van der Waals surface area contributed by atoms with Gasteiger partial charge in [-0.3, -0.25) is 4.90 Å². The highest BCUT2D eigenvalue weighted by Gasteiger charge is 2.17. The van der Waals surface area contributed by atoms with Gasteiger partial charge in [0.2, 0.25) is 0 Å². The number of ether oxygens (including phenoxy) is 1. The van der Waals surface area contributed by atoms with Gasteiger partial charge in [-0.05, 0) is 60.9 Å². The smallest absolute Gasteiger partial charge is 0.121 e. The molecular formula is C23H31ClN2O3. The van der Waals surface area contributed by atoms with E-state index in [0.29, 0.717) is 17.3 Å². The molecule has 1 saturated heterocycles. The monoisotopic (exact) mass is 418 g/mol. The number of likely N-dealkylation sites (N-methyl/N-ethyl adjacent to an activating group) is 1. The van der Waals surface area contributed by atoms with Gasteiger partial charge in [0.1, 0.15) is 18.5 Å². The SMILES string of the molecule is CCN1CCCN(CC(O)COc2cc(Cl)cc(-c3ccccc3CO)c2)CC1. The maximum atomic E-state index is 10.5. The maximum Gasteiger partial charge on any atom is 0.121 e. The van der Waals surface area contributed by atoms with Gasteiger partial charge >= 0.3 is 0 Å². The van der Waals surface area contributed by atoms with Crippen molar-refractivity contribution in [3.63, 3.8) is 0 Å². The molecule has 2 aromatic carbocycles. The third-order valence-electron chi connectivity index (χ3n) is 5.41. The Morgan fingerprint density at radius 2 is 1.83 bits per heavy atom. The van der Waals surface area contributed by atoms with Crippen LogP contribution in [0.15, 0.2) is 42.5 Å². The minimum Gasteiger partial charge on any atom is -0.491 e. The minimum absolute atomic E-state index is 0.0388. The molecule has 0 spiro atoms. The van der Waals surface area contributed by atoms with Crippen LogP contribution < -0.4 is 4.74 Å². The molecule has 2 N–H and O–H groups in total. The number of hydrogen-bond acceptors (Lipinski definition) is 5. The van der Waals surface area contributed by atoms with E-state index in [1.807, 2.05) is 36.4 Å². The molecule has 1 fully saturated rings. The van der Waals surface area contributed by atoms with Gasteiger partial charge in [0.05, 0.1) is 6.61 Å². The molecule has 0 saturated carbocycles. The first-order valence-electron chi connectivity index (χ1n) is 10.3. The summed E-state index contributed by atoms with van der Waals surface area (Å²) in [6.45, 7) is 8.21. The van der Waals surface area contributed by atoms with E-state index in [4.69, 9.17) is 16.3 Å². The molecule has 1 atom stereocenters. The van der Waals surface area contributed by atoms with E-state index in [1.165, 1.54) is 0 Å². The Bertz CT molecular complexity index is 786. The lowest BCUT2D eigenvalue weighted by molar-refractivity contribution is 0.0694. The second-order valence-electron chi connectivity index (χ2n) is 7.54. The summed E-state index contributed by atoms with van der Waals surface area (Å²) in [5.74, 6) is 0.618. The van der Waals surface area contributed by atoms with Gasteiger partial charge in [-0.15, -0.1) is 0 Å². The zero-order valence-corrected chi connectivity index (χ0v) is 17.8. The van der Waals surface area contributed by atoms with Crippen LogP contribution in [0.3, 0.4) is 0 Å². The predicted octanol–water partition coefficient (Wildman–Crippen LogP) is 3.27. The van der Waals surface area contributed by atoms with Gasteiger partial charge in [0, 0.05) is 24.7 Å². The molecule has 0 aromatic heterocycles. The molecule has 29 heavy (non-hydrogen) atoms. The number of aliphatic hydroxyl groups is 2. The van der Waals surface area contributed by atoms with Crippen molar-refractivity contribution in [1.29, 1.82) is 0 Å². The number of rotatable bonds is 8. The average Bonchev–Trinajstić information content (AvgIpc) is 2.97. The third-order valence-corrected chi connectivity index (χ3v) is 5.63. The zero-order chi connectivity index (χ0) is 20.6. The van der Waals surface area contributed by atoms with Crippen molar-refractivity contribution in [3.8, 4) is 16.9 Å². The zero-order valence-electron chi connectivity index (χ0n) is 17.1. The van der Waals surface area contributed by atoms with Crippen molar-refractivity contribution < 1.29 is 14.9 Å². The molecule has 158 valence electrons. The topological polar surface area (TPSA) is 56.2 Å². The lowest BCUT2D eigenvalue weighted by Crippen LogP contribution is -2.38. The van der Waals surface area contributed by atoms with E-state index in [1.54, 1.807) is 6.07 Å². The number of aliphatic hydroxyl groups excluding tert-OH is 2. The standard InChI is InChI=1S/C23H31ClN2O3/c1-2-25-8-5-9-26(11-10-25)15-21(28)17-29-22-13-19(12-20(24)14-22)23-7-4-3-6-18(23)16-27/h3-4,6-7,12-14,21,27-28H,2,5,8-11,15-17H2,1H3. The van der Waals surface area contributed by atoms with Gasteiger partial charge in [-0.25, -0.2) is 0 Å². The molecule has 1 heterocycles. The fraction of sp³-hybridized carbons (Fsp3) is 0.478. The van der Waals surface area contributed by atoms with Crippen LogP contribution in [-0.2, 0) is 6.61 Å². The lowest BCUT2D eigenvalue weighted by atomic mass is 10.00. The van der Waals surface area contributed by atoms with Gasteiger partial charge < -0.3 is 19.8 Å². The molecule has 0 radical (unpaired) electrons. The average molecular weight is 419 g/mol. The quantitative estimate of drug-likeness (QED) is 0.689. The van der Waals surface area contributed by atoms with E-state index in [9.17, 15) is 10.2 Å². The second-order valence-corrected chi connectivity index (χ2v) is 7.98. The van der Waals surface area contributed by atoms with Crippen LogP contribution in [0.1, 0.15) is 18.9 Å². The summed E-state index contributed by atoms with van der Waals surface area (Å²) in [7, 11) is 0. The Labute approximate surface area is 178 Å². The van der Waals surface area contributed by atoms with Crippen molar-refractivity contribution in [2.24, 2.45) is 0 Å². The van der Waals surface area contributed by atoms with Crippen molar-refractivity contribution >= 4 is 11.6 Å². The van der Waals surface area contributed by atoms with Gasteiger partial charge in [0.15, 0.2) is 0 Å². The summed E-state index contributed by atoms with van der Waals surface area (Å²) >= 11 is 6.29. The molecule has 1 aliphatic heterocycles. The number of hydrogen-bond donors (Lipinski definition) is 2. The second kappa shape index (κ2) is 11.0. The molecular weight excluding hydrogens is 388 g/mol. The van der Waals surface area contributed by atoms with Crippen molar-refractivity contribution in [2.45, 2.75) is 26.1 Å². The summed E-state index contributed by atoms with van der Waals surface area (Å²) in [5.41, 5.74) is 2.65. The summed E-state index contributed by atoms with van der Waals surface area (Å²) < 4.78 is 5.87. The van der Waals surface area contributed by atoms with E-state index < -0.39 is 6.10 Å². The minimum atomic E-state index is -0.560. The summed E-state index contributed by atoms with van der Waals surface area (Å²) in [6, 6.07) is 13.2. The number of nitrogens with zero attached hydrogens (tertiary/aromatic N) is 2. The number of β-amino-alcohol motifs (C(OH)–C–C–N with tert-alkyl or cyclic N) is 1. The molecule has 2 aromatic rings. The predicted molar refractivity (Wildman–Crippen MR) is 117 cm³/mol. The van der Waals surface area contributed by atoms with Crippen LogP contribution in [0.4, 0.5) is 0 Å². The molecule has 0 amide bonds. The molecule has 1 aliphatic rings. The Morgan fingerprint density at radius 1 is 1.07 bits per heavy atom. The number of halogens is 1. The highest BCUT2D eigenvalue weighted by atomic mass is 35.5. The normalized spacial score (nSPS) is 17.1. The first kappa shape index (κ1) is 22.1. The molecule has 0 bridgehead atoms. The fourth-order valence-electron chi connectivity index (χ4n) is 3.81. The van der Waals surface area contributed by atoms with Crippen molar-refractivity contribution in [3.05, 3.63) is 53.1 Å². The van der Waals surface area contributed by atoms with Crippen LogP contribution in [0, 0.1) is 0 Å². The maximum absolute atomic E-state index is 10.5. The van der Waals surface area contributed by atoms with Crippen LogP contribution in [0.2, 0.25) is 5.02 Å². The van der Waals surface area contributed by atoms with E-state index in [2.05, 4.69) is 16.7 Å². The van der Waals surface area contributed by atoms with Gasteiger partial charge in [-0.1, -0.05) is 42.8 Å². The Morgan fingerprint density at radius 3 is 2.62 bits per heavy atom. The lowest BCUT2D eigenvalue weighted by Gasteiger charge is -2.23. The van der Waals surface area contributed by atoms with E-state index in [-0.39, 0.29) is 13.2 Å². The largest absolute Gasteiger partial charge is 0.491 e. The summed E-state index contributed by atoms with van der Waals surface area (Å²) in [4.78, 5) is 4.76. The third kappa shape index (κ3) is 6.43. The number of benzene rings is 2. The Balaban J connectivity index is 1.60. The molecule has 5 nitrogen and oxygen atoms in total. The first-order chi connectivity index (χ1) is 14.1. The van der Waals surface area contributed by atoms with E-state index >= 15 is 0 Å². The molecule has 0 aliphatic carbocycles. The first-order valence-corrected chi connectivity index (χ1v) is 10.7. The highest BCUT2D eigenvalue weighted by Crippen LogP contribution is 2.31.